The highest BCUT2D eigenvalue weighted by Gasteiger charge is 2.12. The molecule has 0 saturated carbocycles. The van der Waals surface area contributed by atoms with E-state index in [1.165, 1.54) is 13.2 Å². The van der Waals surface area contributed by atoms with Crippen molar-refractivity contribution in [3.05, 3.63) is 52.0 Å². The Morgan fingerprint density at radius 1 is 1.33 bits per heavy atom. The number of hydrogen-bond donors (Lipinski definition) is 3. The minimum absolute atomic E-state index is 0.0919. The summed E-state index contributed by atoms with van der Waals surface area (Å²) >= 11 is 3.33. The number of benzene rings is 2. The number of nitrogens with two attached hydrogens (primary N) is 1. The fourth-order valence-corrected chi connectivity index (χ4v) is 2.25. The van der Waals surface area contributed by atoms with Crippen LogP contribution >= 0.6 is 15.9 Å². The van der Waals surface area contributed by atoms with Crippen LogP contribution in [-0.2, 0) is 6.54 Å². The Labute approximate surface area is 130 Å². The van der Waals surface area contributed by atoms with E-state index in [2.05, 4.69) is 21.2 Å². The highest BCUT2D eigenvalue weighted by molar-refractivity contribution is 9.10. The lowest BCUT2D eigenvalue weighted by atomic mass is 10.1. The average molecular weight is 351 g/mol. The zero-order valence-corrected chi connectivity index (χ0v) is 13.0. The van der Waals surface area contributed by atoms with Crippen LogP contribution in [0.4, 0.5) is 5.69 Å². The van der Waals surface area contributed by atoms with Gasteiger partial charge in [-0.15, -0.1) is 0 Å². The number of nitrogen functional groups attached to an aromatic ring is 1. The van der Waals surface area contributed by atoms with Gasteiger partial charge < -0.3 is 20.9 Å². The standard InChI is InChI=1S/C15H15BrN2O3/c1-21-11-3-4-13(16)12(7-11)15(20)18-8-9-6-10(17)2-5-14(9)19/h2-7,19H,8,17H2,1H3,(H,18,20). The number of ether oxygens (including phenoxy) is 1. The minimum Gasteiger partial charge on any atom is -0.508 e. The number of hydrogen-bond acceptors (Lipinski definition) is 4. The molecule has 21 heavy (non-hydrogen) atoms. The summed E-state index contributed by atoms with van der Waals surface area (Å²) in [6.45, 7) is 0.180. The van der Waals surface area contributed by atoms with Gasteiger partial charge in [-0.25, -0.2) is 0 Å². The van der Waals surface area contributed by atoms with E-state index < -0.39 is 0 Å². The lowest BCUT2D eigenvalue weighted by Gasteiger charge is -2.10. The third-order valence-electron chi connectivity index (χ3n) is 2.96. The molecule has 0 aliphatic heterocycles. The van der Waals surface area contributed by atoms with Gasteiger partial charge in [-0.2, -0.15) is 0 Å². The van der Waals surface area contributed by atoms with Crippen molar-refractivity contribution in [1.29, 1.82) is 0 Å². The molecular weight excluding hydrogens is 336 g/mol. The Morgan fingerprint density at radius 2 is 2.10 bits per heavy atom. The minimum atomic E-state index is -0.275. The number of carbonyl (C=O) groups is 1. The molecule has 0 heterocycles. The summed E-state index contributed by atoms with van der Waals surface area (Å²) in [5.74, 6) is 0.409. The van der Waals surface area contributed by atoms with Gasteiger partial charge in [-0.05, 0) is 52.3 Å². The maximum Gasteiger partial charge on any atom is 0.252 e. The monoisotopic (exact) mass is 350 g/mol. The van der Waals surface area contributed by atoms with E-state index in [9.17, 15) is 9.90 Å². The quantitative estimate of drug-likeness (QED) is 0.584. The summed E-state index contributed by atoms with van der Waals surface area (Å²) in [7, 11) is 1.54. The molecule has 4 N–H and O–H groups in total. The molecule has 0 fully saturated rings. The molecule has 2 aromatic carbocycles. The van der Waals surface area contributed by atoms with Gasteiger partial charge in [0.2, 0.25) is 0 Å². The van der Waals surface area contributed by atoms with E-state index in [1.807, 2.05) is 0 Å². The van der Waals surface area contributed by atoms with E-state index in [4.69, 9.17) is 10.5 Å². The van der Waals surface area contributed by atoms with Crippen molar-refractivity contribution >= 4 is 27.5 Å². The number of halogens is 1. The van der Waals surface area contributed by atoms with Gasteiger partial charge in [0, 0.05) is 22.3 Å². The van der Waals surface area contributed by atoms with Gasteiger partial charge in [-0.3, -0.25) is 4.79 Å². The van der Waals surface area contributed by atoms with Crippen molar-refractivity contribution in [2.45, 2.75) is 6.54 Å². The summed E-state index contributed by atoms with van der Waals surface area (Å²) in [5.41, 5.74) is 7.20. The van der Waals surface area contributed by atoms with Gasteiger partial charge in [0.15, 0.2) is 0 Å². The van der Waals surface area contributed by atoms with Crippen molar-refractivity contribution < 1.29 is 14.6 Å². The molecule has 0 saturated heterocycles. The fraction of sp³-hybridized carbons (Fsp3) is 0.133. The summed E-state index contributed by atoms with van der Waals surface area (Å²) in [6, 6.07) is 9.85. The normalized spacial score (nSPS) is 10.2. The van der Waals surface area contributed by atoms with Crippen molar-refractivity contribution in [3.63, 3.8) is 0 Å². The van der Waals surface area contributed by atoms with E-state index >= 15 is 0 Å². The van der Waals surface area contributed by atoms with E-state index in [0.29, 0.717) is 27.0 Å². The first-order valence-corrected chi connectivity index (χ1v) is 6.99. The number of methoxy groups -OCH3 is 1. The van der Waals surface area contributed by atoms with Crippen LogP contribution in [0.1, 0.15) is 15.9 Å². The van der Waals surface area contributed by atoms with Crippen LogP contribution in [0, 0.1) is 0 Å². The first-order valence-electron chi connectivity index (χ1n) is 6.20. The van der Waals surface area contributed by atoms with E-state index in [0.717, 1.165) is 0 Å². The summed E-state index contributed by atoms with van der Waals surface area (Å²) in [4.78, 5) is 12.2. The van der Waals surface area contributed by atoms with Crippen molar-refractivity contribution in [1.82, 2.24) is 5.32 Å². The zero-order valence-electron chi connectivity index (χ0n) is 11.4. The smallest absolute Gasteiger partial charge is 0.252 e. The van der Waals surface area contributed by atoms with Crippen LogP contribution < -0.4 is 15.8 Å². The molecule has 0 aromatic heterocycles. The predicted octanol–water partition coefficient (Wildman–Crippen LogP) is 2.68. The largest absolute Gasteiger partial charge is 0.508 e. The first kappa shape index (κ1) is 15.2. The molecule has 0 radical (unpaired) electrons. The number of carbonyl (C=O) groups excluding carboxylic acids is 1. The Bertz CT molecular complexity index is 674. The van der Waals surface area contributed by atoms with Crippen LogP contribution in [0.25, 0.3) is 0 Å². The molecule has 0 spiro atoms. The number of phenolic OH excluding ortho intramolecular Hbond substituents is 1. The third-order valence-corrected chi connectivity index (χ3v) is 3.65. The number of rotatable bonds is 4. The molecule has 0 unspecified atom stereocenters. The number of aromatic hydroxyl groups is 1. The van der Waals surface area contributed by atoms with Crippen molar-refractivity contribution in [2.75, 3.05) is 12.8 Å². The second kappa shape index (κ2) is 6.49. The molecule has 0 bridgehead atoms. The average Bonchev–Trinajstić information content (AvgIpc) is 2.48. The van der Waals surface area contributed by atoms with E-state index in [-0.39, 0.29) is 18.2 Å². The molecule has 0 aliphatic rings. The van der Waals surface area contributed by atoms with Crippen molar-refractivity contribution in [3.8, 4) is 11.5 Å². The van der Waals surface area contributed by atoms with Gasteiger partial charge in [0.1, 0.15) is 11.5 Å². The number of amides is 1. The molecule has 6 heteroatoms. The highest BCUT2D eigenvalue weighted by Crippen LogP contribution is 2.23. The Kier molecular flexibility index (Phi) is 4.70. The third kappa shape index (κ3) is 3.66. The zero-order chi connectivity index (χ0) is 15.4. The van der Waals surface area contributed by atoms with Crippen LogP contribution in [0.5, 0.6) is 11.5 Å². The highest BCUT2D eigenvalue weighted by atomic mass is 79.9. The first-order chi connectivity index (χ1) is 10.0. The molecule has 2 rings (SSSR count). The molecule has 0 aliphatic carbocycles. The maximum atomic E-state index is 12.2. The maximum absolute atomic E-state index is 12.2. The number of phenols is 1. The molecule has 5 nitrogen and oxygen atoms in total. The molecule has 0 atom stereocenters. The topological polar surface area (TPSA) is 84.6 Å². The van der Waals surface area contributed by atoms with Crippen LogP contribution in [0.15, 0.2) is 40.9 Å². The van der Waals surface area contributed by atoms with Gasteiger partial charge in [-0.1, -0.05) is 0 Å². The number of nitrogens with one attached hydrogen (secondary N) is 1. The summed E-state index contributed by atoms with van der Waals surface area (Å²) < 4.78 is 5.76. The Morgan fingerprint density at radius 3 is 2.81 bits per heavy atom. The second-order valence-corrected chi connectivity index (χ2v) is 5.27. The second-order valence-electron chi connectivity index (χ2n) is 4.42. The van der Waals surface area contributed by atoms with Gasteiger partial charge >= 0.3 is 0 Å². The molecule has 110 valence electrons. The van der Waals surface area contributed by atoms with Crippen LogP contribution in [-0.4, -0.2) is 18.1 Å². The van der Waals surface area contributed by atoms with Crippen LogP contribution in [0.3, 0.4) is 0 Å². The van der Waals surface area contributed by atoms with Crippen molar-refractivity contribution in [2.24, 2.45) is 0 Å². The Balaban J connectivity index is 2.13. The number of anilines is 1. The Hall–Kier alpha value is -2.21. The van der Waals surface area contributed by atoms with Crippen LogP contribution in [0.2, 0.25) is 0 Å². The summed E-state index contributed by atoms with van der Waals surface area (Å²) in [6.07, 6.45) is 0. The fourth-order valence-electron chi connectivity index (χ4n) is 1.82. The van der Waals surface area contributed by atoms with Gasteiger partial charge in [0.05, 0.1) is 12.7 Å². The molecule has 2 aromatic rings. The lowest BCUT2D eigenvalue weighted by Crippen LogP contribution is -2.23. The molecule has 1 amide bonds. The lowest BCUT2D eigenvalue weighted by molar-refractivity contribution is 0.0949. The van der Waals surface area contributed by atoms with Gasteiger partial charge in [0.25, 0.3) is 5.91 Å². The summed E-state index contributed by atoms with van der Waals surface area (Å²) in [5, 5.41) is 12.5. The van der Waals surface area contributed by atoms with E-state index in [1.54, 1.807) is 30.3 Å². The molecular formula is C15H15BrN2O3. The SMILES string of the molecule is COc1ccc(Br)c(C(=O)NCc2cc(N)ccc2O)c1. The predicted molar refractivity (Wildman–Crippen MR) is 84.4 cm³/mol.